The lowest BCUT2D eigenvalue weighted by molar-refractivity contribution is 0.0303. The highest BCUT2D eigenvalue weighted by Crippen LogP contribution is 2.26. The molecule has 0 aliphatic carbocycles. The fourth-order valence-corrected chi connectivity index (χ4v) is 3.18. The molecule has 1 saturated heterocycles. The minimum atomic E-state index is -0.467. The third-order valence-corrected chi connectivity index (χ3v) is 4.77. The van der Waals surface area contributed by atoms with E-state index in [9.17, 15) is 9.18 Å². The van der Waals surface area contributed by atoms with Gasteiger partial charge in [-0.15, -0.1) is 0 Å². The van der Waals surface area contributed by atoms with E-state index in [1.54, 1.807) is 35.4 Å². The number of nitrogens with zero attached hydrogens (tertiary/aromatic N) is 2. The predicted molar refractivity (Wildman–Crippen MR) is 107 cm³/mol. The number of pyridine rings is 1. The molecule has 1 aliphatic heterocycles. The highest BCUT2D eigenvalue weighted by atomic mass is 19.1. The van der Waals surface area contributed by atoms with Gasteiger partial charge in [0.1, 0.15) is 6.61 Å². The smallest absolute Gasteiger partial charge is 0.254 e. The minimum absolute atomic E-state index is 0.0692. The molecule has 2 heterocycles. The van der Waals surface area contributed by atoms with Crippen LogP contribution in [0.5, 0.6) is 5.75 Å². The summed E-state index contributed by atoms with van der Waals surface area (Å²) in [5.41, 5.74) is 2.62. The molecule has 1 amide bonds. The SMILES string of the molecule is O=C(c1ccnc(-c2ccc(OCc3ccccc3)c(F)c2)c1)N1CCOCC1. The fraction of sp³-hybridized carbons (Fsp3) is 0.217. The molecule has 1 aromatic heterocycles. The van der Waals surface area contributed by atoms with Crippen LogP contribution in [0.15, 0.2) is 66.9 Å². The van der Waals surface area contributed by atoms with Crippen LogP contribution in [0.2, 0.25) is 0 Å². The molecule has 1 fully saturated rings. The van der Waals surface area contributed by atoms with E-state index in [1.165, 1.54) is 6.07 Å². The van der Waals surface area contributed by atoms with Crippen LogP contribution in [-0.2, 0) is 11.3 Å². The van der Waals surface area contributed by atoms with E-state index in [1.807, 2.05) is 30.3 Å². The van der Waals surface area contributed by atoms with Gasteiger partial charge in [0, 0.05) is 30.4 Å². The summed E-state index contributed by atoms with van der Waals surface area (Å²) in [7, 11) is 0. The molecule has 0 atom stereocenters. The van der Waals surface area contributed by atoms with Crippen LogP contribution in [0.4, 0.5) is 4.39 Å². The van der Waals surface area contributed by atoms with Crippen molar-refractivity contribution in [1.82, 2.24) is 9.88 Å². The predicted octanol–water partition coefficient (Wildman–Crippen LogP) is 3.94. The first-order valence-corrected chi connectivity index (χ1v) is 9.50. The van der Waals surface area contributed by atoms with Crippen molar-refractivity contribution in [2.45, 2.75) is 6.61 Å². The van der Waals surface area contributed by atoms with E-state index >= 15 is 0 Å². The van der Waals surface area contributed by atoms with Crippen molar-refractivity contribution < 1.29 is 18.7 Å². The molecular weight excluding hydrogens is 371 g/mol. The van der Waals surface area contributed by atoms with E-state index in [-0.39, 0.29) is 11.7 Å². The zero-order chi connectivity index (χ0) is 20.1. The van der Waals surface area contributed by atoms with Crippen molar-refractivity contribution in [2.75, 3.05) is 26.3 Å². The highest BCUT2D eigenvalue weighted by molar-refractivity contribution is 5.95. The molecule has 4 rings (SSSR count). The van der Waals surface area contributed by atoms with Gasteiger partial charge in [-0.3, -0.25) is 9.78 Å². The van der Waals surface area contributed by atoms with Crippen LogP contribution in [0.3, 0.4) is 0 Å². The number of hydrogen-bond donors (Lipinski definition) is 0. The van der Waals surface area contributed by atoms with Gasteiger partial charge in [0.05, 0.1) is 18.9 Å². The van der Waals surface area contributed by atoms with Crippen molar-refractivity contribution in [3.63, 3.8) is 0 Å². The number of benzene rings is 2. The second kappa shape index (κ2) is 8.84. The van der Waals surface area contributed by atoms with Crippen molar-refractivity contribution in [3.05, 3.63) is 83.8 Å². The number of ether oxygens (including phenoxy) is 2. The van der Waals surface area contributed by atoms with Crippen LogP contribution < -0.4 is 4.74 Å². The van der Waals surface area contributed by atoms with E-state index in [0.717, 1.165) is 5.56 Å². The maximum atomic E-state index is 14.5. The molecule has 148 valence electrons. The molecule has 0 spiro atoms. The molecule has 0 radical (unpaired) electrons. The number of halogens is 1. The summed E-state index contributed by atoms with van der Waals surface area (Å²) in [6, 6.07) is 17.7. The summed E-state index contributed by atoms with van der Waals surface area (Å²) in [4.78, 5) is 18.7. The van der Waals surface area contributed by atoms with Gasteiger partial charge >= 0.3 is 0 Å². The maximum Gasteiger partial charge on any atom is 0.254 e. The topological polar surface area (TPSA) is 51.7 Å². The Kier molecular flexibility index (Phi) is 5.81. The van der Waals surface area contributed by atoms with E-state index in [0.29, 0.717) is 49.7 Å². The van der Waals surface area contributed by atoms with E-state index in [2.05, 4.69) is 4.98 Å². The van der Waals surface area contributed by atoms with Gasteiger partial charge in [-0.2, -0.15) is 0 Å². The third-order valence-electron chi connectivity index (χ3n) is 4.77. The molecule has 29 heavy (non-hydrogen) atoms. The Hall–Kier alpha value is -3.25. The summed E-state index contributed by atoms with van der Waals surface area (Å²) >= 11 is 0. The van der Waals surface area contributed by atoms with Crippen LogP contribution in [0.1, 0.15) is 15.9 Å². The first kappa shape index (κ1) is 19.1. The lowest BCUT2D eigenvalue weighted by Gasteiger charge is -2.26. The van der Waals surface area contributed by atoms with Crippen molar-refractivity contribution >= 4 is 5.91 Å². The molecule has 0 bridgehead atoms. The molecule has 1 aliphatic rings. The Morgan fingerprint density at radius 1 is 1.07 bits per heavy atom. The lowest BCUT2D eigenvalue weighted by Crippen LogP contribution is -2.40. The van der Waals surface area contributed by atoms with Gasteiger partial charge < -0.3 is 14.4 Å². The summed E-state index contributed by atoms with van der Waals surface area (Å²) in [6.07, 6.45) is 1.57. The third kappa shape index (κ3) is 4.60. The number of amides is 1. The lowest BCUT2D eigenvalue weighted by atomic mass is 10.1. The van der Waals surface area contributed by atoms with Gasteiger partial charge in [-0.1, -0.05) is 30.3 Å². The van der Waals surface area contributed by atoms with Crippen molar-refractivity contribution in [2.24, 2.45) is 0 Å². The van der Waals surface area contributed by atoms with Crippen molar-refractivity contribution in [3.8, 4) is 17.0 Å². The van der Waals surface area contributed by atoms with Gasteiger partial charge in [0.25, 0.3) is 5.91 Å². The quantitative estimate of drug-likeness (QED) is 0.660. The zero-order valence-corrected chi connectivity index (χ0v) is 15.9. The normalized spacial score (nSPS) is 13.9. The van der Waals surface area contributed by atoms with Crippen LogP contribution >= 0.6 is 0 Å². The van der Waals surface area contributed by atoms with Crippen LogP contribution in [-0.4, -0.2) is 42.1 Å². The minimum Gasteiger partial charge on any atom is -0.486 e. The number of hydrogen-bond acceptors (Lipinski definition) is 4. The summed E-state index contributed by atoms with van der Waals surface area (Å²) in [5, 5.41) is 0. The summed E-state index contributed by atoms with van der Waals surface area (Å²) in [6.45, 7) is 2.51. The van der Waals surface area contributed by atoms with Gasteiger partial charge in [0.2, 0.25) is 0 Å². The van der Waals surface area contributed by atoms with Gasteiger partial charge in [-0.25, -0.2) is 4.39 Å². The van der Waals surface area contributed by atoms with E-state index in [4.69, 9.17) is 9.47 Å². The summed E-state index contributed by atoms with van der Waals surface area (Å²) < 4.78 is 25.4. The van der Waals surface area contributed by atoms with Crippen LogP contribution in [0.25, 0.3) is 11.3 Å². The average Bonchev–Trinajstić information content (AvgIpc) is 2.79. The highest BCUT2D eigenvalue weighted by Gasteiger charge is 2.19. The Balaban J connectivity index is 1.49. The molecule has 5 nitrogen and oxygen atoms in total. The average molecular weight is 392 g/mol. The largest absolute Gasteiger partial charge is 0.486 e. The first-order chi connectivity index (χ1) is 14.2. The molecule has 2 aromatic carbocycles. The molecule has 0 unspecified atom stereocenters. The molecule has 0 saturated carbocycles. The van der Waals surface area contributed by atoms with Crippen molar-refractivity contribution in [1.29, 1.82) is 0 Å². The number of carbonyl (C=O) groups is 1. The fourth-order valence-electron chi connectivity index (χ4n) is 3.18. The molecule has 6 heteroatoms. The molecule has 0 N–H and O–H groups in total. The molecule has 3 aromatic rings. The zero-order valence-electron chi connectivity index (χ0n) is 15.9. The maximum absolute atomic E-state index is 14.5. The van der Waals surface area contributed by atoms with Gasteiger partial charge in [0.15, 0.2) is 11.6 Å². The number of morpholine rings is 1. The Bertz CT molecular complexity index is 988. The molecular formula is C23H21FN2O3. The first-order valence-electron chi connectivity index (χ1n) is 9.50. The Morgan fingerprint density at radius 3 is 2.62 bits per heavy atom. The standard InChI is InChI=1S/C23H21FN2O3/c24-20-14-18(6-7-22(20)29-16-17-4-2-1-3-5-17)21-15-19(8-9-25-21)23(27)26-10-12-28-13-11-26/h1-9,14-15H,10-13,16H2. The second-order valence-electron chi connectivity index (χ2n) is 6.75. The second-order valence-corrected chi connectivity index (χ2v) is 6.75. The number of rotatable bonds is 5. The Labute approximate surface area is 168 Å². The monoisotopic (exact) mass is 392 g/mol. The van der Waals surface area contributed by atoms with Gasteiger partial charge in [-0.05, 0) is 35.9 Å². The summed E-state index contributed by atoms with van der Waals surface area (Å²) in [5.74, 6) is -0.358. The number of aromatic nitrogens is 1. The number of carbonyl (C=O) groups excluding carboxylic acids is 1. The van der Waals surface area contributed by atoms with Crippen LogP contribution in [0, 0.1) is 5.82 Å². The van der Waals surface area contributed by atoms with E-state index < -0.39 is 5.82 Å². The Morgan fingerprint density at radius 2 is 1.86 bits per heavy atom.